The van der Waals surface area contributed by atoms with Crippen LogP contribution < -0.4 is 0 Å². The van der Waals surface area contributed by atoms with Crippen LogP contribution in [0.25, 0.3) is 0 Å². The first-order chi connectivity index (χ1) is 5.34. The van der Waals surface area contributed by atoms with Crippen LogP contribution in [0.3, 0.4) is 0 Å². The Morgan fingerprint density at radius 1 is 1.18 bits per heavy atom. The molecular weight excluding hydrogens is 136 g/mol. The lowest BCUT2D eigenvalue weighted by Crippen LogP contribution is -2.24. The normalized spacial score (nSPS) is 17.8. The summed E-state index contributed by atoms with van der Waals surface area (Å²) in [5.41, 5.74) is 0. The van der Waals surface area contributed by atoms with Crippen molar-refractivity contribution in [3.05, 3.63) is 0 Å². The van der Waals surface area contributed by atoms with Crippen molar-refractivity contribution < 1.29 is 0 Å². The fraction of sp³-hybridized carbons (Fsp3) is 0.889. The van der Waals surface area contributed by atoms with Crippen LogP contribution in [0.1, 0.15) is 33.6 Å². The molecule has 1 fully saturated rings. The van der Waals surface area contributed by atoms with Crippen molar-refractivity contribution >= 4 is 5.84 Å². The van der Waals surface area contributed by atoms with Crippen molar-refractivity contribution in [1.29, 1.82) is 0 Å². The maximum absolute atomic E-state index is 4.11. The van der Waals surface area contributed by atoms with E-state index in [4.69, 9.17) is 0 Å². The van der Waals surface area contributed by atoms with Gasteiger partial charge in [-0.2, -0.15) is 0 Å². The summed E-state index contributed by atoms with van der Waals surface area (Å²) >= 11 is 0. The zero-order chi connectivity index (χ0) is 8.69. The van der Waals surface area contributed by atoms with Crippen molar-refractivity contribution in [3.63, 3.8) is 0 Å². The van der Waals surface area contributed by atoms with Crippen molar-refractivity contribution in [2.24, 2.45) is 4.99 Å². The van der Waals surface area contributed by atoms with E-state index in [1.807, 2.05) is 20.9 Å². The molecule has 1 heterocycles. The summed E-state index contributed by atoms with van der Waals surface area (Å²) in [6, 6.07) is 0. The van der Waals surface area contributed by atoms with E-state index < -0.39 is 0 Å². The molecule has 0 radical (unpaired) electrons. The van der Waals surface area contributed by atoms with Crippen molar-refractivity contribution in [1.82, 2.24) is 4.90 Å². The molecule has 0 N–H and O–H groups in total. The molecule has 1 aliphatic rings. The lowest BCUT2D eigenvalue weighted by Gasteiger charge is -2.15. The Morgan fingerprint density at radius 2 is 1.64 bits per heavy atom. The minimum Gasteiger partial charge on any atom is -0.361 e. The van der Waals surface area contributed by atoms with Crippen LogP contribution in [-0.2, 0) is 0 Å². The first-order valence-electron chi connectivity index (χ1n) is 4.53. The second kappa shape index (κ2) is 6.20. The van der Waals surface area contributed by atoms with E-state index in [2.05, 4.69) is 16.8 Å². The first kappa shape index (κ1) is 10.5. The van der Waals surface area contributed by atoms with Crippen LogP contribution in [0.4, 0.5) is 0 Å². The van der Waals surface area contributed by atoms with E-state index in [-0.39, 0.29) is 0 Å². The van der Waals surface area contributed by atoms with Gasteiger partial charge in [0.05, 0.1) is 5.84 Å². The minimum absolute atomic E-state index is 1.19. The van der Waals surface area contributed by atoms with Gasteiger partial charge in [-0.15, -0.1) is 0 Å². The van der Waals surface area contributed by atoms with Gasteiger partial charge < -0.3 is 4.90 Å². The largest absolute Gasteiger partial charge is 0.361 e. The average Bonchev–Trinajstić information content (AvgIpc) is 2.59. The highest BCUT2D eigenvalue weighted by molar-refractivity contribution is 5.79. The molecule has 1 aliphatic heterocycles. The summed E-state index contributed by atoms with van der Waals surface area (Å²) in [4.78, 5) is 6.45. The third-order valence-corrected chi connectivity index (χ3v) is 1.89. The molecule has 2 heteroatoms. The predicted molar refractivity (Wildman–Crippen MR) is 51.2 cm³/mol. The van der Waals surface area contributed by atoms with Gasteiger partial charge in [-0.3, -0.25) is 4.99 Å². The highest BCUT2D eigenvalue weighted by Gasteiger charge is 2.10. The molecule has 0 amide bonds. The summed E-state index contributed by atoms with van der Waals surface area (Å²) in [5, 5.41) is 0. The van der Waals surface area contributed by atoms with Gasteiger partial charge >= 0.3 is 0 Å². The van der Waals surface area contributed by atoms with Crippen molar-refractivity contribution in [2.75, 3.05) is 20.1 Å². The SMILES string of the molecule is CC.CN=C(C)N1CCCC1. The smallest absolute Gasteiger partial charge is 0.0954 e. The van der Waals surface area contributed by atoms with E-state index >= 15 is 0 Å². The molecule has 0 bridgehead atoms. The van der Waals surface area contributed by atoms with Crippen LogP contribution in [0, 0.1) is 0 Å². The Kier molecular flexibility index (Phi) is 5.90. The number of aliphatic imine (C=N–C) groups is 1. The maximum Gasteiger partial charge on any atom is 0.0954 e. The fourth-order valence-corrected chi connectivity index (χ4v) is 1.18. The number of rotatable bonds is 0. The molecule has 0 unspecified atom stereocenters. The minimum atomic E-state index is 1.19. The fourth-order valence-electron chi connectivity index (χ4n) is 1.18. The van der Waals surface area contributed by atoms with Crippen LogP contribution in [0.5, 0.6) is 0 Å². The van der Waals surface area contributed by atoms with Crippen LogP contribution in [0.2, 0.25) is 0 Å². The summed E-state index contributed by atoms with van der Waals surface area (Å²) < 4.78 is 0. The highest BCUT2D eigenvalue weighted by atomic mass is 15.2. The van der Waals surface area contributed by atoms with Crippen molar-refractivity contribution in [2.45, 2.75) is 33.6 Å². The van der Waals surface area contributed by atoms with Gasteiger partial charge in [-0.25, -0.2) is 0 Å². The summed E-state index contributed by atoms with van der Waals surface area (Å²) in [5.74, 6) is 1.19. The number of nitrogens with zero attached hydrogens (tertiary/aromatic N) is 2. The van der Waals surface area contributed by atoms with Crippen LogP contribution >= 0.6 is 0 Å². The Morgan fingerprint density at radius 3 is 2.00 bits per heavy atom. The number of hydrogen-bond acceptors (Lipinski definition) is 1. The van der Waals surface area contributed by atoms with E-state index in [0.29, 0.717) is 0 Å². The molecule has 0 aliphatic carbocycles. The summed E-state index contributed by atoms with van der Waals surface area (Å²) in [6.45, 7) is 8.50. The highest BCUT2D eigenvalue weighted by Crippen LogP contribution is 2.07. The molecule has 1 rings (SSSR count). The van der Waals surface area contributed by atoms with Gasteiger partial charge in [0.25, 0.3) is 0 Å². The monoisotopic (exact) mass is 156 g/mol. The Labute approximate surface area is 70.3 Å². The van der Waals surface area contributed by atoms with E-state index in [1.165, 1.54) is 31.8 Å². The maximum atomic E-state index is 4.11. The van der Waals surface area contributed by atoms with E-state index in [0.717, 1.165) is 0 Å². The van der Waals surface area contributed by atoms with Gasteiger partial charge in [0.2, 0.25) is 0 Å². The van der Waals surface area contributed by atoms with E-state index in [1.54, 1.807) is 0 Å². The topological polar surface area (TPSA) is 15.6 Å². The lowest BCUT2D eigenvalue weighted by atomic mass is 10.4. The molecule has 0 aromatic heterocycles. The Hall–Kier alpha value is -0.530. The molecule has 66 valence electrons. The molecule has 0 aromatic carbocycles. The van der Waals surface area contributed by atoms with Gasteiger partial charge in [-0.05, 0) is 19.8 Å². The van der Waals surface area contributed by atoms with Crippen LogP contribution in [0.15, 0.2) is 4.99 Å². The lowest BCUT2D eigenvalue weighted by molar-refractivity contribution is 0.515. The zero-order valence-corrected chi connectivity index (χ0v) is 8.22. The van der Waals surface area contributed by atoms with E-state index in [9.17, 15) is 0 Å². The second-order valence-corrected chi connectivity index (χ2v) is 2.46. The van der Waals surface area contributed by atoms with Gasteiger partial charge in [0, 0.05) is 20.1 Å². The third-order valence-electron chi connectivity index (χ3n) is 1.89. The summed E-state index contributed by atoms with van der Waals surface area (Å²) in [6.07, 6.45) is 2.68. The predicted octanol–water partition coefficient (Wildman–Crippen LogP) is 2.16. The molecule has 0 aromatic rings. The quantitative estimate of drug-likeness (QED) is 0.387. The van der Waals surface area contributed by atoms with Gasteiger partial charge in [0.1, 0.15) is 0 Å². The molecular formula is C9H20N2. The molecule has 1 saturated heterocycles. The van der Waals surface area contributed by atoms with Gasteiger partial charge in [-0.1, -0.05) is 13.8 Å². The molecule has 0 spiro atoms. The van der Waals surface area contributed by atoms with Crippen molar-refractivity contribution in [3.8, 4) is 0 Å². The summed E-state index contributed by atoms with van der Waals surface area (Å²) in [7, 11) is 1.85. The third kappa shape index (κ3) is 3.40. The Balaban J connectivity index is 0.000000461. The zero-order valence-electron chi connectivity index (χ0n) is 8.22. The Bertz CT molecular complexity index is 113. The number of amidine groups is 1. The van der Waals surface area contributed by atoms with Crippen LogP contribution in [-0.4, -0.2) is 30.9 Å². The number of hydrogen-bond donors (Lipinski definition) is 0. The molecule has 0 atom stereocenters. The average molecular weight is 156 g/mol. The van der Waals surface area contributed by atoms with Gasteiger partial charge in [0.15, 0.2) is 0 Å². The molecule has 2 nitrogen and oxygen atoms in total. The molecule has 0 saturated carbocycles. The first-order valence-corrected chi connectivity index (χ1v) is 4.53. The second-order valence-electron chi connectivity index (χ2n) is 2.46. The number of likely N-dealkylation sites (tertiary alicyclic amines) is 1. The molecule has 11 heavy (non-hydrogen) atoms. The standard InChI is InChI=1S/C7H14N2.C2H6/c1-7(8-2)9-5-3-4-6-9;1-2/h3-6H2,1-2H3;1-2H3.